The van der Waals surface area contributed by atoms with Crippen molar-refractivity contribution >= 4 is 45.5 Å². The van der Waals surface area contributed by atoms with E-state index in [0.717, 1.165) is 24.9 Å². The van der Waals surface area contributed by atoms with E-state index in [1.165, 1.54) is 12.1 Å². The van der Waals surface area contributed by atoms with Gasteiger partial charge < -0.3 is 19.3 Å². The van der Waals surface area contributed by atoms with Gasteiger partial charge in [0.25, 0.3) is 11.8 Å². The molecule has 3 aliphatic rings. The molecule has 11 heteroatoms. The number of imide groups is 1. The number of nitrogens with zero attached hydrogens (tertiary/aromatic N) is 6. The molecule has 7 rings (SSSR count). The van der Waals surface area contributed by atoms with Crippen LogP contribution in [0.1, 0.15) is 29.7 Å². The van der Waals surface area contributed by atoms with E-state index < -0.39 is 17.6 Å². The molecule has 1 N–H and O–H groups in total. The highest BCUT2D eigenvalue weighted by atomic mass is 19.1. The van der Waals surface area contributed by atoms with Gasteiger partial charge in [-0.2, -0.15) is 0 Å². The lowest BCUT2D eigenvalue weighted by Crippen LogP contribution is -2.47. The van der Waals surface area contributed by atoms with Crippen LogP contribution in [0.25, 0.3) is 27.7 Å². The molecule has 0 bridgehead atoms. The molecule has 0 spiro atoms. The minimum absolute atomic E-state index is 0.0277. The summed E-state index contributed by atoms with van der Waals surface area (Å²) >= 11 is 0. The fourth-order valence-corrected chi connectivity index (χ4v) is 6.76. The molecule has 1 saturated heterocycles. The number of nitrogens with one attached hydrogen (secondary N) is 1. The van der Waals surface area contributed by atoms with Crippen LogP contribution in [-0.2, 0) is 22.7 Å². The molecular weight excluding hydrogens is 537 g/mol. The van der Waals surface area contributed by atoms with E-state index in [2.05, 4.69) is 29.3 Å². The highest BCUT2D eigenvalue weighted by molar-refractivity contribution is 6.49. The Kier molecular flexibility index (Phi) is 6.34. The molecule has 10 nitrogen and oxygen atoms in total. The first-order chi connectivity index (χ1) is 20.3. The number of aromatic nitrogens is 3. The molecule has 216 valence electrons. The molecule has 42 heavy (non-hydrogen) atoms. The second-order valence-corrected chi connectivity index (χ2v) is 11.7. The van der Waals surface area contributed by atoms with Gasteiger partial charge in [0.2, 0.25) is 0 Å². The van der Waals surface area contributed by atoms with Crippen LogP contribution in [0.15, 0.2) is 48.9 Å². The van der Waals surface area contributed by atoms with Gasteiger partial charge >= 0.3 is 6.03 Å². The summed E-state index contributed by atoms with van der Waals surface area (Å²) in [5.41, 5.74) is 3.45. The van der Waals surface area contributed by atoms with Crippen molar-refractivity contribution in [1.82, 2.24) is 34.0 Å². The standard InChI is InChI=1S/C31H32FN7O3/c1-35(2)16-19-6-9-36(10-7-19)31(42)38-12-11-37-18-23(22-14-21(32)13-20(17-38)28(22)37)26-27(30(41)34-29(26)40)24-15-33-25-5-3-4-8-39(24)25/h3-5,8,13-15,18-19H,6-7,9-12,16-17H2,1-2H3,(H,34,40,41). The Balaban J connectivity index is 1.25. The van der Waals surface area contributed by atoms with Crippen LogP contribution in [0.5, 0.6) is 0 Å². The fraction of sp³-hybridized carbons (Fsp3) is 0.355. The summed E-state index contributed by atoms with van der Waals surface area (Å²) in [7, 11) is 4.15. The predicted molar refractivity (Wildman–Crippen MR) is 156 cm³/mol. The maximum absolute atomic E-state index is 15.2. The number of carbonyl (C=O) groups excluding carboxylic acids is 3. The Labute approximate surface area is 242 Å². The number of imidazole rings is 1. The average molecular weight is 570 g/mol. The third kappa shape index (κ3) is 4.35. The summed E-state index contributed by atoms with van der Waals surface area (Å²) in [4.78, 5) is 50.2. The summed E-state index contributed by atoms with van der Waals surface area (Å²) in [5.74, 6) is -0.930. The third-order valence-corrected chi connectivity index (χ3v) is 8.64. The molecule has 0 saturated carbocycles. The number of hydrogen-bond acceptors (Lipinski definition) is 5. The number of fused-ring (bicyclic) bond motifs is 1. The molecule has 1 fully saturated rings. The van der Waals surface area contributed by atoms with Gasteiger partial charge in [-0.25, -0.2) is 14.2 Å². The molecule has 6 heterocycles. The molecule has 4 aromatic rings. The van der Waals surface area contributed by atoms with Crippen LogP contribution in [0, 0.1) is 11.7 Å². The maximum Gasteiger partial charge on any atom is 0.320 e. The number of rotatable bonds is 4. The Morgan fingerprint density at radius 1 is 1.05 bits per heavy atom. The fourth-order valence-electron chi connectivity index (χ4n) is 6.76. The Morgan fingerprint density at radius 2 is 1.83 bits per heavy atom. The maximum atomic E-state index is 15.2. The van der Waals surface area contributed by atoms with Crippen molar-refractivity contribution in [2.45, 2.75) is 25.9 Å². The Morgan fingerprint density at radius 3 is 2.62 bits per heavy atom. The van der Waals surface area contributed by atoms with Crippen molar-refractivity contribution in [3.05, 3.63) is 71.6 Å². The molecule has 0 atom stereocenters. The first-order valence-electron chi connectivity index (χ1n) is 14.3. The van der Waals surface area contributed by atoms with Crippen LogP contribution >= 0.6 is 0 Å². The first-order valence-corrected chi connectivity index (χ1v) is 14.3. The number of benzene rings is 1. The quantitative estimate of drug-likeness (QED) is 0.381. The zero-order chi connectivity index (χ0) is 29.1. The molecule has 0 radical (unpaired) electrons. The lowest BCUT2D eigenvalue weighted by molar-refractivity contribution is -0.122. The lowest BCUT2D eigenvalue weighted by atomic mass is 9.96. The largest absolute Gasteiger partial charge is 0.345 e. The van der Waals surface area contributed by atoms with Crippen LogP contribution < -0.4 is 5.32 Å². The summed E-state index contributed by atoms with van der Waals surface area (Å²) < 4.78 is 18.9. The minimum atomic E-state index is -0.530. The van der Waals surface area contributed by atoms with E-state index in [1.54, 1.807) is 21.7 Å². The van der Waals surface area contributed by atoms with Crippen molar-refractivity contribution in [1.29, 1.82) is 0 Å². The SMILES string of the molecule is CN(C)CC1CCN(C(=O)N2CCn3cc(C4=C(c5cnc6ccccn56)C(=O)NC4=O)c4cc(F)cc(c43)C2)CC1. The van der Waals surface area contributed by atoms with Crippen molar-refractivity contribution in [3.63, 3.8) is 0 Å². The van der Waals surface area contributed by atoms with E-state index in [4.69, 9.17) is 0 Å². The number of urea groups is 1. The number of amides is 4. The average Bonchev–Trinajstić information content (AvgIpc) is 3.58. The molecule has 0 aliphatic carbocycles. The van der Waals surface area contributed by atoms with Crippen molar-refractivity contribution in [2.75, 3.05) is 40.3 Å². The Hall–Kier alpha value is -4.51. The van der Waals surface area contributed by atoms with Crippen LogP contribution in [-0.4, -0.2) is 86.8 Å². The predicted octanol–water partition coefficient (Wildman–Crippen LogP) is 3.20. The van der Waals surface area contributed by atoms with Gasteiger partial charge in [0.05, 0.1) is 28.6 Å². The zero-order valence-corrected chi connectivity index (χ0v) is 23.6. The number of hydrogen-bond donors (Lipinski definition) is 1. The molecule has 0 unspecified atom stereocenters. The highest BCUT2D eigenvalue weighted by Gasteiger charge is 2.37. The van der Waals surface area contributed by atoms with Gasteiger partial charge in [0.1, 0.15) is 11.5 Å². The molecule has 3 aromatic heterocycles. The normalized spacial score (nSPS) is 18.1. The molecular formula is C31H32FN7O3. The van der Waals surface area contributed by atoms with Crippen molar-refractivity contribution in [2.24, 2.45) is 5.92 Å². The van der Waals surface area contributed by atoms with Crippen LogP contribution in [0.3, 0.4) is 0 Å². The smallest absolute Gasteiger partial charge is 0.320 e. The molecule has 4 amide bonds. The van der Waals surface area contributed by atoms with E-state index in [-0.39, 0.29) is 23.7 Å². The zero-order valence-electron chi connectivity index (χ0n) is 23.6. The third-order valence-electron chi connectivity index (χ3n) is 8.64. The lowest BCUT2D eigenvalue weighted by Gasteiger charge is -2.36. The number of pyridine rings is 1. The second kappa shape index (κ2) is 10.1. The van der Waals surface area contributed by atoms with E-state index >= 15 is 4.39 Å². The highest BCUT2D eigenvalue weighted by Crippen LogP contribution is 2.38. The van der Waals surface area contributed by atoms with E-state index in [1.807, 2.05) is 33.9 Å². The van der Waals surface area contributed by atoms with Crippen LogP contribution in [0.4, 0.5) is 9.18 Å². The summed E-state index contributed by atoms with van der Waals surface area (Å²) in [6, 6.07) is 8.34. The molecule has 3 aliphatic heterocycles. The van der Waals surface area contributed by atoms with Crippen LogP contribution in [0.2, 0.25) is 0 Å². The monoisotopic (exact) mass is 569 g/mol. The number of likely N-dealkylation sites (tertiary alicyclic amines) is 1. The van der Waals surface area contributed by atoms with Crippen molar-refractivity contribution < 1.29 is 18.8 Å². The molecule has 1 aromatic carbocycles. The van der Waals surface area contributed by atoms with E-state index in [0.29, 0.717) is 60.0 Å². The number of carbonyl (C=O) groups is 3. The topological polar surface area (TPSA) is 95.2 Å². The van der Waals surface area contributed by atoms with Gasteiger partial charge in [-0.15, -0.1) is 0 Å². The second-order valence-electron chi connectivity index (χ2n) is 11.7. The van der Waals surface area contributed by atoms with Gasteiger partial charge in [0.15, 0.2) is 0 Å². The van der Waals surface area contributed by atoms with Gasteiger partial charge in [-0.05, 0) is 62.7 Å². The first kappa shape index (κ1) is 26.4. The minimum Gasteiger partial charge on any atom is -0.345 e. The van der Waals surface area contributed by atoms with Gasteiger partial charge in [-0.1, -0.05) is 6.07 Å². The Bertz CT molecular complexity index is 1790. The van der Waals surface area contributed by atoms with E-state index in [9.17, 15) is 14.4 Å². The van der Waals surface area contributed by atoms with Gasteiger partial charge in [0, 0.05) is 62.6 Å². The number of halogens is 1. The summed E-state index contributed by atoms with van der Waals surface area (Å²) in [5, 5.41) is 2.97. The number of piperidine rings is 1. The summed E-state index contributed by atoms with van der Waals surface area (Å²) in [6.45, 7) is 3.63. The van der Waals surface area contributed by atoms with Crippen molar-refractivity contribution in [3.8, 4) is 0 Å². The van der Waals surface area contributed by atoms with Gasteiger partial charge in [-0.3, -0.25) is 19.3 Å². The summed E-state index contributed by atoms with van der Waals surface area (Å²) in [6.07, 6.45) is 7.11.